The number of aromatic amines is 1. The molecule has 0 saturated carbocycles. The number of nitrogens with zero attached hydrogens (tertiary/aromatic N) is 1. The molecule has 0 amide bonds. The largest absolute Gasteiger partial charge is 0.398 e. The first kappa shape index (κ1) is 13.9. The van der Waals surface area contributed by atoms with Crippen LogP contribution in [0, 0.1) is 0 Å². The maximum absolute atomic E-state index is 11.6. The number of nitrogens with two attached hydrogens (primary N) is 1. The Balaban J connectivity index is 2.20. The number of sulfone groups is 1. The van der Waals surface area contributed by atoms with E-state index in [1.54, 1.807) is 30.3 Å². The predicted octanol–water partition coefficient (Wildman–Crippen LogP) is 2.87. The van der Waals surface area contributed by atoms with Crippen molar-refractivity contribution in [3.63, 3.8) is 0 Å². The summed E-state index contributed by atoms with van der Waals surface area (Å²) in [6.45, 7) is 0. The summed E-state index contributed by atoms with van der Waals surface area (Å²) in [7, 11) is -3.26. The number of rotatable bonds is 2. The van der Waals surface area contributed by atoms with Crippen molar-refractivity contribution in [3.05, 3.63) is 41.4 Å². The molecule has 0 saturated heterocycles. The number of hydrogen-bond acceptors (Lipinski definition) is 4. The normalized spacial score (nSPS) is 11.9. The molecule has 108 valence electrons. The molecule has 0 spiro atoms. The topological polar surface area (TPSA) is 88.8 Å². The van der Waals surface area contributed by atoms with Gasteiger partial charge in [0.2, 0.25) is 0 Å². The van der Waals surface area contributed by atoms with E-state index in [1.165, 1.54) is 12.3 Å². The molecule has 21 heavy (non-hydrogen) atoms. The summed E-state index contributed by atoms with van der Waals surface area (Å²) in [5, 5.41) is 0.552. The highest BCUT2D eigenvalue weighted by molar-refractivity contribution is 7.90. The number of imidazole rings is 1. The van der Waals surface area contributed by atoms with Crippen LogP contribution in [0.25, 0.3) is 22.4 Å². The Hall–Kier alpha value is -2.05. The van der Waals surface area contributed by atoms with Crippen molar-refractivity contribution in [2.75, 3.05) is 12.0 Å². The third-order valence-corrected chi connectivity index (χ3v) is 4.50. The van der Waals surface area contributed by atoms with E-state index < -0.39 is 9.84 Å². The first-order valence-corrected chi connectivity index (χ1v) is 8.37. The highest BCUT2D eigenvalue weighted by Crippen LogP contribution is 2.29. The molecule has 5 nitrogen and oxygen atoms in total. The molecule has 0 aliphatic rings. The van der Waals surface area contributed by atoms with Crippen molar-refractivity contribution >= 4 is 38.2 Å². The predicted molar refractivity (Wildman–Crippen MR) is 84.1 cm³/mol. The lowest BCUT2D eigenvalue weighted by atomic mass is 10.2. The highest BCUT2D eigenvalue weighted by Gasteiger charge is 2.12. The second-order valence-corrected chi connectivity index (χ2v) is 7.22. The minimum atomic E-state index is -3.26. The van der Waals surface area contributed by atoms with Crippen LogP contribution in [0.1, 0.15) is 0 Å². The van der Waals surface area contributed by atoms with Crippen LogP contribution >= 0.6 is 11.6 Å². The number of aromatic nitrogens is 2. The maximum atomic E-state index is 11.6. The Morgan fingerprint density at radius 1 is 1.19 bits per heavy atom. The van der Waals surface area contributed by atoms with Gasteiger partial charge in [-0.05, 0) is 36.4 Å². The number of nitrogens with one attached hydrogen (secondary N) is 1. The Morgan fingerprint density at radius 3 is 2.67 bits per heavy atom. The standard InChI is InChI=1S/C14H12ClN3O2S/c1-21(19,20)9-3-5-12-13(7-9)18-14(17-12)10-6-8(15)2-4-11(10)16/h2-7H,16H2,1H3,(H,17,18). The van der Waals surface area contributed by atoms with Gasteiger partial charge in [0.1, 0.15) is 5.82 Å². The molecule has 0 aliphatic heterocycles. The van der Waals surface area contributed by atoms with Gasteiger partial charge >= 0.3 is 0 Å². The molecular formula is C14H12ClN3O2S. The summed E-state index contributed by atoms with van der Waals surface area (Å²) in [5.74, 6) is 0.552. The lowest BCUT2D eigenvalue weighted by molar-refractivity contribution is 0.602. The van der Waals surface area contributed by atoms with Crippen molar-refractivity contribution in [2.45, 2.75) is 4.90 Å². The molecule has 7 heteroatoms. The summed E-state index contributed by atoms with van der Waals surface area (Å²) < 4.78 is 23.2. The van der Waals surface area contributed by atoms with Gasteiger partial charge in [0, 0.05) is 22.5 Å². The number of fused-ring (bicyclic) bond motifs is 1. The summed E-state index contributed by atoms with van der Waals surface area (Å²) in [4.78, 5) is 7.74. The molecule has 1 aromatic heterocycles. The lowest BCUT2D eigenvalue weighted by Crippen LogP contribution is -1.96. The number of H-pyrrole nitrogens is 1. The third-order valence-electron chi connectivity index (χ3n) is 3.15. The Kier molecular flexibility index (Phi) is 3.15. The van der Waals surface area contributed by atoms with E-state index in [0.29, 0.717) is 33.1 Å². The fourth-order valence-electron chi connectivity index (χ4n) is 2.08. The summed E-state index contributed by atoms with van der Waals surface area (Å²) in [6, 6.07) is 9.86. The van der Waals surface area contributed by atoms with Gasteiger partial charge < -0.3 is 10.7 Å². The van der Waals surface area contributed by atoms with Crippen LogP contribution < -0.4 is 5.73 Å². The number of hydrogen-bond donors (Lipinski definition) is 2. The van der Waals surface area contributed by atoms with Crippen LogP contribution in [-0.4, -0.2) is 24.6 Å². The second kappa shape index (κ2) is 4.75. The van der Waals surface area contributed by atoms with Crippen LogP contribution in [0.2, 0.25) is 5.02 Å². The molecule has 2 aromatic carbocycles. The minimum absolute atomic E-state index is 0.240. The van der Waals surface area contributed by atoms with Crippen LogP contribution in [-0.2, 0) is 9.84 Å². The van der Waals surface area contributed by atoms with Crippen LogP contribution in [0.3, 0.4) is 0 Å². The van der Waals surface area contributed by atoms with Crippen molar-refractivity contribution in [3.8, 4) is 11.4 Å². The molecule has 3 rings (SSSR count). The average molecular weight is 322 g/mol. The minimum Gasteiger partial charge on any atom is -0.398 e. The number of halogens is 1. The van der Waals surface area contributed by atoms with E-state index in [0.717, 1.165) is 0 Å². The zero-order valence-electron chi connectivity index (χ0n) is 11.1. The maximum Gasteiger partial charge on any atom is 0.175 e. The molecule has 0 atom stereocenters. The van der Waals surface area contributed by atoms with Crippen molar-refractivity contribution in [1.29, 1.82) is 0 Å². The Labute approximate surface area is 126 Å². The van der Waals surface area contributed by atoms with E-state index in [9.17, 15) is 8.42 Å². The highest BCUT2D eigenvalue weighted by atomic mass is 35.5. The molecule has 0 bridgehead atoms. The third kappa shape index (κ3) is 2.59. The molecule has 0 fully saturated rings. The summed E-state index contributed by atoms with van der Waals surface area (Å²) in [6.07, 6.45) is 1.17. The molecule has 3 N–H and O–H groups in total. The van der Waals surface area contributed by atoms with E-state index >= 15 is 0 Å². The van der Waals surface area contributed by atoms with Gasteiger partial charge in [0.25, 0.3) is 0 Å². The van der Waals surface area contributed by atoms with Crippen LogP contribution in [0.4, 0.5) is 5.69 Å². The quantitative estimate of drug-likeness (QED) is 0.710. The first-order valence-electron chi connectivity index (χ1n) is 6.10. The average Bonchev–Trinajstić information content (AvgIpc) is 2.83. The van der Waals surface area contributed by atoms with E-state index in [-0.39, 0.29) is 4.90 Å². The van der Waals surface area contributed by atoms with Crippen molar-refractivity contribution in [1.82, 2.24) is 9.97 Å². The zero-order valence-corrected chi connectivity index (χ0v) is 12.7. The van der Waals surface area contributed by atoms with E-state index in [2.05, 4.69) is 9.97 Å². The van der Waals surface area contributed by atoms with Crippen LogP contribution in [0.5, 0.6) is 0 Å². The lowest BCUT2D eigenvalue weighted by Gasteiger charge is -2.02. The zero-order chi connectivity index (χ0) is 15.2. The van der Waals surface area contributed by atoms with E-state index in [4.69, 9.17) is 17.3 Å². The molecule has 0 unspecified atom stereocenters. The van der Waals surface area contributed by atoms with Gasteiger partial charge in [0.15, 0.2) is 9.84 Å². The second-order valence-electron chi connectivity index (χ2n) is 4.77. The van der Waals surface area contributed by atoms with Gasteiger partial charge in [-0.1, -0.05) is 11.6 Å². The van der Waals surface area contributed by atoms with E-state index in [1.807, 2.05) is 0 Å². The summed E-state index contributed by atoms with van der Waals surface area (Å²) in [5.41, 5.74) is 8.45. The molecule has 0 aliphatic carbocycles. The fraction of sp³-hybridized carbons (Fsp3) is 0.0714. The van der Waals surface area contributed by atoms with Gasteiger partial charge in [0.05, 0.1) is 15.9 Å². The number of benzene rings is 2. The summed E-state index contributed by atoms with van der Waals surface area (Å²) >= 11 is 5.97. The SMILES string of the molecule is CS(=O)(=O)c1ccc2nc(-c3cc(Cl)ccc3N)[nH]c2c1. The van der Waals surface area contributed by atoms with Gasteiger partial charge in [-0.3, -0.25) is 0 Å². The van der Waals surface area contributed by atoms with Gasteiger partial charge in [-0.15, -0.1) is 0 Å². The molecule has 0 radical (unpaired) electrons. The smallest absolute Gasteiger partial charge is 0.175 e. The monoisotopic (exact) mass is 321 g/mol. The van der Waals surface area contributed by atoms with Gasteiger partial charge in [-0.2, -0.15) is 0 Å². The molecular weight excluding hydrogens is 310 g/mol. The molecule has 1 heterocycles. The van der Waals surface area contributed by atoms with Crippen molar-refractivity contribution in [2.24, 2.45) is 0 Å². The number of anilines is 1. The van der Waals surface area contributed by atoms with Crippen molar-refractivity contribution < 1.29 is 8.42 Å². The molecule has 3 aromatic rings. The first-order chi connectivity index (χ1) is 9.84. The Bertz CT molecular complexity index is 948. The van der Waals surface area contributed by atoms with Gasteiger partial charge in [-0.25, -0.2) is 13.4 Å². The number of nitrogen functional groups attached to an aromatic ring is 1. The Morgan fingerprint density at radius 2 is 1.95 bits per heavy atom. The fourth-order valence-corrected chi connectivity index (χ4v) is 2.90. The van der Waals surface area contributed by atoms with Crippen LogP contribution in [0.15, 0.2) is 41.3 Å².